The quantitative estimate of drug-likeness (QED) is 0.774. The molecule has 0 aliphatic heterocycles. The highest BCUT2D eigenvalue weighted by molar-refractivity contribution is 6.03. The minimum absolute atomic E-state index is 0.317. The number of hydrogen-bond acceptors (Lipinski definition) is 3. The van der Waals surface area contributed by atoms with Gasteiger partial charge in [0.2, 0.25) is 0 Å². The Morgan fingerprint density at radius 3 is 2.76 bits per heavy atom. The predicted octanol–water partition coefficient (Wildman–Crippen LogP) is 2.39. The second-order valence-electron chi connectivity index (χ2n) is 4.45. The van der Waals surface area contributed by atoms with E-state index >= 15 is 0 Å². The minimum Gasteiger partial charge on any atom is -0.478 e. The van der Waals surface area contributed by atoms with Gasteiger partial charge >= 0.3 is 5.97 Å². The third-order valence-corrected chi connectivity index (χ3v) is 3.08. The van der Waals surface area contributed by atoms with Crippen molar-refractivity contribution >= 4 is 22.6 Å². The molecule has 1 aliphatic carbocycles. The van der Waals surface area contributed by atoms with Crippen LogP contribution in [0, 0.1) is 0 Å². The Bertz CT molecular complexity index is 618. The average Bonchev–Trinajstić information content (AvgIpc) is 3.10. The van der Waals surface area contributed by atoms with Crippen LogP contribution in [0.25, 0.3) is 10.9 Å². The highest BCUT2D eigenvalue weighted by Gasteiger charge is 2.26. The van der Waals surface area contributed by atoms with Crippen LogP contribution in [0.4, 0.5) is 5.69 Å². The minimum atomic E-state index is -0.913. The van der Waals surface area contributed by atoms with Crippen LogP contribution in [0.3, 0.4) is 0 Å². The summed E-state index contributed by atoms with van der Waals surface area (Å²) in [5, 5.41) is 9.87. The van der Waals surface area contributed by atoms with E-state index in [4.69, 9.17) is 5.73 Å². The zero-order valence-corrected chi connectivity index (χ0v) is 9.18. The standard InChI is InChI=1S/C13H12N2O2/c14-8-3-4-9-10(13(16)17)6-11(7-1-2-7)15-12(9)5-8/h3-7H,1-2,14H2,(H,16,17). The first-order valence-corrected chi connectivity index (χ1v) is 5.58. The van der Waals surface area contributed by atoms with Crippen LogP contribution in [0.1, 0.15) is 34.8 Å². The number of nitrogens with zero attached hydrogens (tertiary/aromatic N) is 1. The monoisotopic (exact) mass is 228 g/mol. The number of hydrogen-bond donors (Lipinski definition) is 2. The molecule has 1 saturated carbocycles. The van der Waals surface area contributed by atoms with Crippen molar-refractivity contribution in [2.45, 2.75) is 18.8 Å². The van der Waals surface area contributed by atoms with E-state index in [0.717, 1.165) is 18.5 Å². The number of nitrogens with two attached hydrogens (primary N) is 1. The van der Waals surface area contributed by atoms with Crippen LogP contribution in [0.5, 0.6) is 0 Å². The molecular weight excluding hydrogens is 216 g/mol. The third-order valence-electron chi connectivity index (χ3n) is 3.08. The molecule has 0 atom stereocenters. The second-order valence-corrected chi connectivity index (χ2v) is 4.45. The average molecular weight is 228 g/mol. The molecule has 1 heterocycles. The first-order chi connectivity index (χ1) is 8.15. The maximum Gasteiger partial charge on any atom is 0.336 e. The SMILES string of the molecule is Nc1ccc2c(C(=O)O)cc(C3CC3)nc2c1. The zero-order chi connectivity index (χ0) is 12.0. The number of carbonyl (C=O) groups is 1. The Labute approximate surface area is 98.1 Å². The van der Waals surface area contributed by atoms with Crippen LogP contribution in [-0.2, 0) is 0 Å². The highest BCUT2D eigenvalue weighted by atomic mass is 16.4. The van der Waals surface area contributed by atoms with Gasteiger partial charge in [-0.2, -0.15) is 0 Å². The molecule has 1 aromatic heterocycles. The summed E-state index contributed by atoms with van der Waals surface area (Å²) in [7, 11) is 0. The number of nitrogen functional groups attached to an aromatic ring is 1. The second kappa shape index (κ2) is 3.45. The van der Waals surface area contributed by atoms with E-state index in [0.29, 0.717) is 28.1 Å². The number of carboxylic acids is 1. The van der Waals surface area contributed by atoms with Gasteiger partial charge < -0.3 is 10.8 Å². The lowest BCUT2D eigenvalue weighted by molar-refractivity contribution is 0.0699. The molecule has 0 radical (unpaired) electrons. The summed E-state index contributed by atoms with van der Waals surface area (Å²) in [6, 6.07) is 6.84. The van der Waals surface area contributed by atoms with Crippen LogP contribution in [0.2, 0.25) is 0 Å². The van der Waals surface area contributed by atoms with E-state index < -0.39 is 5.97 Å². The Kier molecular flexibility index (Phi) is 2.04. The summed E-state index contributed by atoms with van der Waals surface area (Å²) in [6.07, 6.45) is 2.19. The Hall–Kier alpha value is -2.10. The number of aromatic nitrogens is 1. The van der Waals surface area contributed by atoms with Crippen molar-refractivity contribution in [2.24, 2.45) is 0 Å². The first-order valence-electron chi connectivity index (χ1n) is 5.58. The van der Waals surface area contributed by atoms with Gasteiger partial charge in [0.1, 0.15) is 0 Å². The van der Waals surface area contributed by atoms with Crippen molar-refractivity contribution in [1.29, 1.82) is 0 Å². The Morgan fingerprint density at radius 1 is 1.35 bits per heavy atom. The molecule has 1 aliphatic rings. The van der Waals surface area contributed by atoms with E-state index in [1.165, 1.54) is 0 Å². The van der Waals surface area contributed by atoms with Crippen molar-refractivity contribution in [2.75, 3.05) is 5.73 Å². The molecule has 4 nitrogen and oxygen atoms in total. The molecule has 3 N–H and O–H groups in total. The number of benzene rings is 1. The molecule has 17 heavy (non-hydrogen) atoms. The summed E-state index contributed by atoms with van der Waals surface area (Å²) in [4.78, 5) is 15.7. The predicted molar refractivity (Wildman–Crippen MR) is 65.1 cm³/mol. The van der Waals surface area contributed by atoms with E-state index in [-0.39, 0.29) is 0 Å². The molecule has 0 unspecified atom stereocenters. The van der Waals surface area contributed by atoms with E-state index in [1.807, 2.05) is 0 Å². The molecule has 1 aromatic carbocycles. The number of carboxylic acid groups (broad SMARTS) is 1. The normalized spacial score (nSPS) is 15.1. The molecule has 0 bridgehead atoms. The van der Waals surface area contributed by atoms with Crippen molar-refractivity contribution in [3.63, 3.8) is 0 Å². The molecule has 0 saturated heterocycles. The van der Waals surface area contributed by atoms with Gasteiger partial charge in [-0.3, -0.25) is 4.98 Å². The topological polar surface area (TPSA) is 76.2 Å². The van der Waals surface area contributed by atoms with Crippen molar-refractivity contribution < 1.29 is 9.90 Å². The maximum absolute atomic E-state index is 11.2. The Balaban J connectivity index is 2.30. The largest absolute Gasteiger partial charge is 0.478 e. The van der Waals surface area contributed by atoms with Crippen molar-refractivity contribution in [3.05, 3.63) is 35.5 Å². The molecule has 0 spiro atoms. The van der Waals surface area contributed by atoms with Crippen molar-refractivity contribution in [3.8, 4) is 0 Å². The molecular formula is C13H12N2O2. The van der Waals surface area contributed by atoms with E-state index in [1.54, 1.807) is 24.3 Å². The van der Waals surface area contributed by atoms with Crippen LogP contribution >= 0.6 is 0 Å². The number of pyridine rings is 1. The van der Waals surface area contributed by atoms with Gasteiger partial charge in [-0.15, -0.1) is 0 Å². The summed E-state index contributed by atoms with van der Waals surface area (Å²) < 4.78 is 0. The zero-order valence-electron chi connectivity index (χ0n) is 9.18. The van der Waals surface area contributed by atoms with Crippen LogP contribution < -0.4 is 5.73 Å². The van der Waals surface area contributed by atoms with Gasteiger partial charge in [-0.25, -0.2) is 4.79 Å². The molecule has 2 aromatic rings. The third kappa shape index (κ3) is 1.71. The summed E-state index contributed by atoms with van der Waals surface area (Å²) in [5.41, 5.74) is 8.18. The summed E-state index contributed by atoms with van der Waals surface area (Å²) >= 11 is 0. The molecule has 1 fully saturated rings. The van der Waals surface area contributed by atoms with Crippen LogP contribution in [-0.4, -0.2) is 16.1 Å². The highest BCUT2D eigenvalue weighted by Crippen LogP contribution is 2.40. The molecule has 3 rings (SSSR count). The molecule has 4 heteroatoms. The molecule has 0 amide bonds. The summed E-state index contributed by atoms with van der Waals surface area (Å²) in [5.74, 6) is -0.483. The Morgan fingerprint density at radius 2 is 2.12 bits per heavy atom. The van der Waals surface area contributed by atoms with Gasteiger partial charge in [0.05, 0.1) is 11.1 Å². The lowest BCUT2D eigenvalue weighted by atomic mass is 10.1. The van der Waals surface area contributed by atoms with Crippen LogP contribution in [0.15, 0.2) is 24.3 Å². The van der Waals surface area contributed by atoms with Gasteiger partial charge in [-0.1, -0.05) is 0 Å². The van der Waals surface area contributed by atoms with Gasteiger partial charge in [0.15, 0.2) is 0 Å². The maximum atomic E-state index is 11.2. The van der Waals surface area contributed by atoms with Gasteiger partial charge in [0, 0.05) is 22.7 Å². The summed E-state index contributed by atoms with van der Waals surface area (Å²) in [6.45, 7) is 0. The number of anilines is 1. The number of aromatic carboxylic acids is 1. The first kappa shape index (κ1) is 10.1. The van der Waals surface area contributed by atoms with Gasteiger partial charge in [-0.05, 0) is 37.1 Å². The van der Waals surface area contributed by atoms with E-state index in [2.05, 4.69) is 4.98 Å². The smallest absolute Gasteiger partial charge is 0.336 e. The van der Waals surface area contributed by atoms with E-state index in [9.17, 15) is 9.90 Å². The number of fused-ring (bicyclic) bond motifs is 1. The fourth-order valence-corrected chi connectivity index (χ4v) is 2.03. The van der Waals surface area contributed by atoms with Gasteiger partial charge in [0.25, 0.3) is 0 Å². The molecule has 86 valence electrons. The lowest BCUT2D eigenvalue weighted by Gasteiger charge is -2.06. The fourth-order valence-electron chi connectivity index (χ4n) is 2.03. The van der Waals surface area contributed by atoms with Crippen molar-refractivity contribution in [1.82, 2.24) is 4.98 Å². The number of rotatable bonds is 2. The fraction of sp³-hybridized carbons (Fsp3) is 0.231. The lowest BCUT2D eigenvalue weighted by Crippen LogP contribution is -2.01.